The quantitative estimate of drug-likeness (QED) is 0.0189. The number of phosphoric acid groups is 1. The number of allylic oxidation sites excluding steroid dienone is 1. The molecule has 0 aromatic heterocycles. The predicted octanol–water partition coefficient (Wildman–Crippen LogP) is 6.68. The summed E-state index contributed by atoms with van der Waals surface area (Å²) in [5, 5.41) is 0. The van der Waals surface area contributed by atoms with Gasteiger partial charge >= 0.3 is 14.0 Å². The SMILES string of the molecule is C/C=C1/CC(OC(=O)OCCOCCOCCOP(=O)(OCCN=C(N)N)OCCN=C(N)N)CCC1(C)C1CCC2(C)C(CCC2C(C)CCCC(C)C)C1. The molecule has 3 aliphatic rings. The molecule has 0 bridgehead atoms. The van der Waals surface area contributed by atoms with Crippen molar-refractivity contribution in [2.45, 2.75) is 118 Å². The second-order valence-electron chi connectivity index (χ2n) is 16.8. The second kappa shape index (κ2) is 23.9. The van der Waals surface area contributed by atoms with Crippen LogP contribution >= 0.6 is 7.82 Å². The fourth-order valence-corrected chi connectivity index (χ4v) is 10.6. The highest BCUT2D eigenvalue weighted by Crippen LogP contribution is 2.63. The number of guanidine groups is 2. The van der Waals surface area contributed by atoms with Gasteiger partial charge in [0.05, 0.1) is 59.3 Å². The molecule has 7 unspecified atom stereocenters. The Labute approximate surface area is 336 Å². The lowest BCUT2D eigenvalue weighted by Gasteiger charge is -2.52. The van der Waals surface area contributed by atoms with Crippen molar-refractivity contribution in [1.29, 1.82) is 0 Å². The Morgan fingerprint density at radius 2 is 1.41 bits per heavy atom. The Morgan fingerprint density at radius 3 is 2.02 bits per heavy atom. The summed E-state index contributed by atoms with van der Waals surface area (Å²) in [7, 11) is -3.94. The van der Waals surface area contributed by atoms with Crippen LogP contribution in [-0.2, 0) is 37.1 Å². The Kier molecular flexibility index (Phi) is 20.4. The van der Waals surface area contributed by atoms with E-state index in [9.17, 15) is 9.36 Å². The molecule has 56 heavy (non-hydrogen) atoms. The lowest BCUT2D eigenvalue weighted by Crippen LogP contribution is -2.44. The van der Waals surface area contributed by atoms with Crippen molar-refractivity contribution in [2.75, 3.05) is 65.9 Å². The number of nitrogens with two attached hydrogens (primary N) is 4. The van der Waals surface area contributed by atoms with E-state index < -0.39 is 14.0 Å². The van der Waals surface area contributed by atoms with Gasteiger partial charge in [-0.05, 0) is 92.3 Å². The highest BCUT2D eigenvalue weighted by molar-refractivity contribution is 7.48. The van der Waals surface area contributed by atoms with Gasteiger partial charge in [-0.2, -0.15) is 0 Å². The number of nitrogens with zero attached hydrogens (tertiary/aromatic N) is 2. The summed E-state index contributed by atoms with van der Waals surface area (Å²) in [6, 6.07) is 0. The number of fused-ring (bicyclic) bond motifs is 1. The zero-order valence-electron chi connectivity index (χ0n) is 35.2. The smallest absolute Gasteiger partial charge is 0.432 e. The molecule has 7 atom stereocenters. The van der Waals surface area contributed by atoms with Gasteiger partial charge < -0.3 is 41.9 Å². The second-order valence-corrected chi connectivity index (χ2v) is 18.4. The molecule has 0 spiro atoms. The van der Waals surface area contributed by atoms with E-state index in [0.29, 0.717) is 11.3 Å². The molecule has 8 N–H and O–H groups in total. The normalized spacial score (nSPS) is 27.8. The van der Waals surface area contributed by atoms with Crippen LogP contribution in [-0.4, -0.2) is 90.1 Å². The molecule has 3 saturated carbocycles. The number of rotatable bonds is 25. The summed E-state index contributed by atoms with van der Waals surface area (Å²) < 4.78 is 50.9. The fourth-order valence-electron chi connectivity index (χ4n) is 9.50. The zero-order chi connectivity index (χ0) is 41.2. The van der Waals surface area contributed by atoms with Gasteiger partial charge in [-0.25, -0.2) is 9.36 Å². The number of hydrogen-bond donors (Lipinski definition) is 4. The van der Waals surface area contributed by atoms with Crippen molar-refractivity contribution in [1.82, 2.24) is 0 Å². The molecule has 0 aromatic carbocycles. The largest absolute Gasteiger partial charge is 0.508 e. The first kappa shape index (κ1) is 48.0. The van der Waals surface area contributed by atoms with Crippen LogP contribution in [0.3, 0.4) is 0 Å². The van der Waals surface area contributed by atoms with E-state index >= 15 is 0 Å². The van der Waals surface area contributed by atoms with Crippen molar-refractivity contribution >= 4 is 25.9 Å². The summed E-state index contributed by atoms with van der Waals surface area (Å²) >= 11 is 0. The van der Waals surface area contributed by atoms with Crippen molar-refractivity contribution in [3.8, 4) is 0 Å². The Balaban J connectivity index is 1.30. The van der Waals surface area contributed by atoms with Crippen LogP contribution in [0.15, 0.2) is 21.6 Å². The van der Waals surface area contributed by atoms with Gasteiger partial charge in [0.25, 0.3) is 0 Å². The van der Waals surface area contributed by atoms with Crippen LogP contribution in [0, 0.1) is 40.4 Å². The van der Waals surface area contributed by atoms with Gasteiger partial charge in [-0.15, -0.1) is 0 Å². The van der Waals surface area contributed by atoms with Crippen molar-refractivity contribution in [3.05, 3.63) is 11.6 Å². The summed E-state index contributed by atoms with van der Waals surface area (Å²) in [4.78, 5) is 20.1. The van der Waals surface area contributed by atoms with E-state index in [1.54, 1.807) is 0 Å². The minimum atomic E-state index is -3.94. The molecule has 0 saturated heterocycles. The minimum absolute atomic E-state index is 0.0682. The molecule has 0 aliphatic heterocycles. The van der Waals surface area contributed by atoms with Crippen LogP contribution in [0.5, 0.6) is 0 Å². The summed E-state index contributed by atoms with van der Waals surface area (Å²) in [5.41, 5.74) is 23.2. The molecular formula is C40H75N6O9P. The average Bonchev–Trinajstić information content (AvgIpc) is 3.49. The number of hydrogen-bond acceptors (Lipinski definition) is 11. The summed E-state index contributed by atoms with van der Waals surface area (Å²) in [5.74, 6) is 3.70. The lowest BCUT2D eigenvalue weighted by molar-refractivity contribution is -0.0275. The Morgan fingerprint density at radius 1 is 0.804 bits per heavy atom. The highest BCUT2D eigenvalue weighted by Gasteiger charge is 2.54. The molecule has 3 aliphatic carbocycles. The molecule has 0 amide bonds. The van der Waals surface area contributed by atoms with E-state index in [2.05, 4.69) is 57.6 Å². The number of carbonyl (C=O) groups is 1. The van der Waals surface area contributed by atoms with Gasteiger partial charge in [-0.3, -0.25) is 23.6 Å². The van der Waals surface area contributed by atoms with Crippen molar-refractivity contribution in [2.24, 2.45) is 73.3 Å². The van der Waals surface area contributed by atoms with Crippen LogP contribution in [0.25, 0.3) is 0 Å². The van der Waals surface area contributed by atoms with Crippen LogP contribution < -0.4 is 22.9 Å². The van der Waals surface area contributed by atoms with Crippen LogP contribution in [0.2, 0.25) is 0 Å². The monoisotopic (exact) mass is 815 g/mol. The number of aliphatic imine (C=N–C) groups is 2. The minimum Gasteiger partial charge on any atom is -0.432 e. The standard InChI is InChI=1S/C40H75N6O9P/c1-7-31-28-34(14-16-39(31,5)33-13-15-40(6)32(27-33)11-12-35(40)30(4)10-8-9-29(2)3)55-38(47)51-25-23-49-21-22-50-24-26-54-56(48,52-19-17-45-36(41)42)53-20-18-46-37(43)44/h7,29-30,32-35H,8-28H2,1-6H3,(H4,41,42,45)(H4,43,44,46)/b31-7-. The first-order valence-electron chi connectivity index (χ1n) is 20.9. The average molecular weight is 815 g/mol. The first-order chi connectivity index (χ1) is 26.6. The third kappa shape index (κ3) is 15.4. The van der Waals surface area contributed by atoms with Gasteiger partial charge in [0.1, 0.15) is 12.7 Å². The lowest BCUT2D eigenvalue weighted by atomic mass is 9.53. The molecule has 3 fully saturated rings. The molecule has 3 rings (SSSR count). The van der Waals surface area contributed by atoms with E-state index in [0.717, 1.165) is 42.9 Å². The Hall–Kier alpha value is -2.42. The topological polar surface area (TPSA) is 228 Å². The van der Waals surface area contributed by atoms with E-state index in [1.165, 1.54) is 56.9 Å². The zero-order valence-corrected chi connectivity index (χ0v) is 36.1. The maximum atomic E-state index is 12.9. The third-order valence-corrected chi connectivity index (χ3v) is 14.1. The maximum Gasteiger partial charge on any atom is 0.508 e. The molecule has 324 valence electrons. The van der Waals surface area contributed by atoms with Crippen molar-refractivity contribution in [3.63, 3.8) is 0 Å². The number of ether oxygens (including phenoxy) is 4. The maximum absolute atomic E-state index is 12.9. The molecule has 15 nitrogen and oxygen atoms in total. The summed E-state index contributed by atoms with van der Waals surface area (Å²) in [6.07, 6.45) is 14.9. The van der Waals surface area contributed by atoms with Gasteiger partial charge in [-0.1, -0.05) is 65.5 Å². The molecule has 0 heterocycles. The predicted molar refractivity (Wildman–Crippen MR) is 220 cm³/mol. The van der Waals surface area contributed by atoms with Gasteiger partial charge in [0, 0.05) is 6.42 Å². The molecule has 0 radical (unpaired) electrons. The number of phosphoric ester groups is 1. The first-order valence-corrected chi connectivity index (χ1v) is 22.4. The van der Waals surface area contributed by atoms with Crippen LogP contribution in [0.1, 0.15) is 112 Å². The van der Waals surface area contributed by atoms with E-state index in [4.69, 9.17) is 55.5 Å². The third-order valence-electron chi connectivity index (χ3n) is 12.6. The van der Waals surface area contributed by atoms with Gasteiger partial charge in [0.2, 0.25) is 0 Å². The molecule has 16 heteroatoms. The van der Waals surface area contributed by atoms with Gasteiger partial charge in [0.15, 0.2) is 11.9 Å². The number of carbonyl (C=O) groups excluding carboxylic acids is 1. The van der Waals surface area contributed by atoms with Crippen molar-refractivity contribution < 1.29 is 41.9 Å². The van der Waals surface area contributed by atoms with E-state index in [-0.39, 0.29) is 89.4 Å². The van der Waals surface area contributed by atoms with E-state index in [1.807, 2.05) is 0 Å². The fraction of sp³-hybridized carbons (Fsp3) is 0.875. The highest BCUT2D eigenvalue weighted by atomic mass is 31.2. The molecular weight excluding hydrogens is 739 g/mol. The Bertz CT molecular complexity index is 1300. The summed E-state index contributed by atoms with van der Waals surface area (Å²) in [6.45, 7) is 15.1. The molecule has 0 aromatic rings. The van der Waals surface area contributed by atoms with Crippen LogP contribution in [0.4, 0.5) is 4.79 Å².